The van der Waals surface area contributed by atoms with Crippen molar-refractivity contribution in [3.63, 3.8) is 0 Å². The van der Waals surface area contributed by atoms with E-state index in [-0.39, 0.29) is 5.97 Å². The number of carbonyl (C=O) groups is 1. The van der Waals surface area contributed by atoms with Gasteiger partial charge in [-0.3, -0.25) is 0 Å². The van der Waals surface area contributed by atoms with E-state index in [0.717, 1.165) is 5.57 Å². The van der Waals surface area contributed by atoms with Crippen molar-refractivity contribution in [1.29, 1.82) is 0 Å². The predicted octanol–water partition coefficient (Wildman–Crippen LogP) is 2.32. The first-order valence-corrected chi connectivity index (χ1v) is 4.00. The van der Waals surface area contributed by atoms with Crippen molar-refractivity contribution in [2.45, 2.75) is 20.8 Å². The SMILES string of the molecule is COC(=O)/C=C/C(C)=C/C(C)C. The average Bonchev–Trinajstić information content (AvgIpc) is 1.99. The Morgan fingerprint density at radius 3 is 2.33 bits per heavy atom. The maximum Gasteiger partial charge on any atom is 0.330 e. The van der Waals surface area contributed by atoms with E-state index in [9.17, 15) is 4.79 Å². The third kappa shape index (κ3) is 5.71. The van der Waals surface area contributed by atoms with Crippen molar-refractivity contribution in [3.05, 3.63) is 23.8 Å². The zero-order valence-electron chi connectivity index (χ0n) is 8.13. The molecule has 0 atom stereocenters. The molecule has 68 valence electrons. The number of carbonyl (C=O) groups excluding carboxylic acids is 1. The first kappa shape index (κ1) is 11.0. The highest BCUT2D eigenvalue weighted by atomic mass is 16.5. The Morgan fingerprint density at radius 2 is 1.92 bits per heavy atom. The van der Waals surface area contributed by atoms with Crippen molar-refractivity contribution in [2.75, 3.05) is 7.11 Å². The van der Waals surface area contributed by atoms with Crippen LogP contribution < -0.4 is 0 Å². The lowest BCUT2D eigenvalue weighted by Gasteiger charge is -1.96. The minimum atomic E-state index is -0.313. The van der Waals surface area contributed by atoms with E-state index in [2.05, 4.69) is 24.7 Å². The lowest BCUT2D eigenvalue weighted by Crippen LogP contribution is -1.93. The van der Waals surface area contributed by atoms with Crippen molar-refractivity contribution >= 4 is 5.97 Å². The van der Waals surface area contributed by atoms with Crippen LogP contribution in [0, 0.1) is 5.92 Å². The highest BCUT2D eigenvalue weighted by molar-refractivity contribution is 5.82. The maximum absolute atomic E-state index is 10.7. The van der Waals surface area contributed by atoms with Crippen LogP contribution in [-0.4, -0.2) is 13.1 Å². The minimum Gasteiger partial charge on any atom is -0.466 e. The van der Waals surface area contributed by atoms with Crippen molar-refractivity contribution in [1.82, 2.24) is 0 Å². The molecule has 0 fully saturated rings. The van der Waals surface area contributed by atoms with Crippen molar-refractivity contribution < 1.29 is 9.53 Å². The maximum atomic E-state index is 10.7. The molecule has 0 heterocycles. The topological polar surface area (TPSA) is 26.3 Å². The Bertz CT molecular complexity index is 200. The Hall–Kier alpha value is -1.05. The molecule has 2 nitrogen and oxygen atoms in total. The molecule has 0 aromatic rings. The van der Waals surface area contributed by atoms with E-state index in [1.54, 1.807) is 6.08 Å². The van der Waals surface area contributed by atoms with Gasteiger partial charge in [0.25, 0.3) is 0 Å². The second kappa shape index (κ2) is 5.58. The van der Waals surface area contributed by atoms with Crippen LogP contribution in [0.4, 0.5) is 0 Å². The highest BCUT2D eigenvalue weighted by Gasteiger charge is 1.91. The summed E-state index contributed by atoms with van der Waals surface area (Å²) in [5.74, 6) is 0.193. The lowest BCUT2D eigenvalue weighted by atomic mass is 10.1. The summed E-state index contributed by atoms with van der Waals surface area (Å²) in [6, 6.07) is 0. The summed E-state index contributed by atoms with van der Waals surface area (Å²) in [4.78, 5) is 10.7. The van der Waals surface area contributed by atoms with Crippen LogP contribution in [0.25, 0.3) is 0 Å². The van der Waals surface area contributed by atoms with E-state index in [4.69, 9.17) is 0 Å². The van der Waals surface area contributed by atoms with Crippen LogP contribution in [-0.2, 0) is 9.53 Å². The lowest BCUT2D eigenvalue weighted by molar-refractivity contribution is -0.134. The van der Waals surface area contributed by atoms with Gasteiger partial charge < -0.3 is 4.74 Å². The standard InChI is InChI=1S/C10H16O2/c1-8(2)7-9(3)5-6-10(11)12-4/h5-8H,1-4H3/b6-5+,9-7+. The van der Waals surface area contributed by atoms with Crippen LogP contribution in [0.5, 0.6) is 0 Å². The minimum absolute atomic E-state index is 0.313. The van der Waals surface area contributed by atoms with Gasteiger partial charge in [-0.15, -0.1) is 0 Å². The van der Waals surface area contributed by atoms with Gasteiger partial charge in [-0.25, -0.2) is 4.79 Å². The molecule has 0 aromatic heterocycles. The quantitative estimate of drug-likeness (QED) is 0.367. The number of hydrogen-bond donors (Lipinski definition) is 0. The number of methoxy groups -OCH3 is 1. The van der Waals surface area contributed by atoms with Crippen molar-refractivity contribution in [2.24, 2.45) is 5.92 Å². The highest BCUT2D eigenvalue weighted by Crippen LogP contribution is 2.02. The number of allylic oxidation sites excluding steroid dienone is 3. The summed E-state index contributed by atoms with van der Waals surface area (Å²) in [6.07, 6.45) is 5.26. The average molecular weight is 168 g/mol. The molecule has 0 saturated carbocycles. The largest absolute Gasteiger partial charge is 0.466 e. The smallest absolute Gasteiger partial charge is 0.330 e. The third-order valence-corrected chi connectivity index (χ3v) is 1.28. The molecule has 0 aromatic carbocycles. The zero-order valence-corrected chi connectivity index (χ0v) is 8.13. The molecule has 0 aliphatic rings. The third-order valence-electron chi connectivity index (χ3n) is 1.28. The molecule has 0 saturated heterocycles. The van der Waals surface area contributed by atoms with Crippen LogP contribution in [0.3, 0.4) is 0 Å². The zero-order chi connectivity index (χ0) is 9.56. The van der Waals surface area contributed by atoms with Crippen LogP contribution in [0.2, 0.25) is 0 Å². The van der Waals surface area contributed by atoms with Crippen molar-refractivity contribution in [3.8, 4) is 0 Å². The fraction of sp³-hybridized carbons (Fsp3) is 0.500. The molecule has 0 spiro atoms. The predicted molar refractivity (Wildman–Crippen MR) is 49.8 cm³/mol. The molecular formula is C10H16O2. The molecule has 0 amide bonds. The van der Waals surface area contributed by atoms with Gasteiger partial charge in [0.1, 0.15) is 0 Å². The van der Waals surface area contributed by atoms with Gasteiger partial charge in [0.2, 0.25) is 0 Å². The van der Waals surface area contributed by atoms with Crippen LogP contribution in [0.1, 0.15) is 20.8 Å². The van der Waals surface area contributed by atoms with Gasteiger partial charge in [-0.05, 0) is 12.8 Å². The summed E-state index contributed by atoms with van der Waals surface area (Å²) in [5, 5.41) is 0. The Morgan fingerprint density at radius 1 is 1.33 bits per heavy atom. The summed E-state index contributed by atoms with van der Waals surface area (Å²) in [6.45, 7) is 6.14. The second-order valence-corrected chi connectivity index (χ2v) is 3.01. The number of hydrogen-bond acceptors (Lipinski definition) is 2. The normalized spacial score (nSPS) is 12.6. The van der Waals surface area contributed by atoms with E-state index >= 15 is 0 Å². The van der Waals surface area contributed by atoms with Gasteiger partial charge in [-0.2, -0.15) is 0 Å². The monoisotopic (exact) mass is 168 g/mol. The number of esters is 1. The summed E-state index contributed by atoms with van der Waals surface area (Å²) < 4.78 is 4.45. The Kier molecular flexibility index (Phi) is 5.09. The fourth-order valence-corrected chi connectivity index (χ4v) is 0.849. The fourth-order valence-electron chi connectivity index (χ4n) is 0.849. The molecule has 0 rings (SSSR count). The molecule has 0 radical (unpaired) electrons. The Labute approximate surface area is 73.9 Å². The molecule has 12 heavy (non-hydrogen) atoms. The molecule has 0 unspecified atom stereocenters. The van der Waals surface area contributed by atoms with Gasteiger partial charge >= 0.3 is 5.97 Å². The van der Waals surface area contributed by atoms with E-state index in [0.29, 0.717) is 5.92 Å². The first-order chi connectivity index (χ1) is 5.56. The number of ether oxygens (including phenoxy) is 1. The van der Waals surface area contributed by atoms with E-state index < -0.39 is 0 Å². The van der Waals surface area contributed by atoms with Crippen LogP contribution in [0.15, 0.2) is 23.8 Å². The molecule has 0 aliphatic heterocycles. The first-order valence-electron chi connectivity index (χ1n) is 4.00. The van der Waals surface area contributed by atoms with E-state index in [1.165, 1.54) is 13.2 Å². The molecule has 2 heteroatoms. The molecule has 0 bridgehead atoms. The molecular weight excluding hydrogens is 152 g/mol. The second-order valence-electron chi connectivity index (χ2n) is 3.01. The van der Waals surface area contributed by atoms with E-state index in [1.807, 2.05) is 6.92 Å². The number of rotatable bonds is 3. The molecule has 0 N–H and O–H groups in total. The Balaban J connectivity index is 4.07. The molecule has 0 aliphatic carbocycles. The summed E-state index contributed by atoms with van der Waals surface area (Å²) >= 11 is 0. The van der Waals surface area contributed by atoms with Gasteiger partial charge in [0, 0.05) is 6.08 Å². The van der Waals surface area contributed by atoms with Crippen LogP contribution >= 0.6 is 0 Å². The van der Waals surface area contributed by atoms with Gasteiger partial charge in [-0.1, -0.05) is 31.6 Å². The summed E-state index contributed by atoms with van der Waals surface area (Å²) in [5.41, 5.74) is 1.08. The van der Waals surface area contributed by atoms with Gasteiger partial charge in [0.05, 0.1) is 7.11 Å². The van der Waals surface area contributed by atoms with Gasteiger partial charge in [0.15, 0.2) is 0 Å². The summed E-state index contributed by atoms with van der Waals surface area (Å²) in [7, 11) is 1.37.